The van der Waals surface area contributed by atoms with Crippen LogP contribution < -0.4 is 5.32 Å². The Labute approximate surface area is 145 Å². The van der Waals surface area contributed by atoms with Crippen molar-refractivity contribution in [2.45, 2.75) is 6.54 Å². The Hall–Kier alpha value is -2.11. The number of carbonyl (C=O) groups is 1. The van der Waals surface area contributed by atoms with Gasteiger partial charge in [0.15, 0.2) is 0 Å². The van der Waals surface area contributed by atoms with Crippen LogP contribution in [-0.4, -0.2) is 42.0 Å². The van der Waals surface area contributed by atoms with Gasteiger partial charge in [-0.3, -0.25) is 4.90 Å². The average molecular weight is 348 g/mol. The smallest absolute Gasteiger partial charge is 0.321 e. The van der Waals surface area contributed by atoms with Crippen LogP contribution in [0, 0.1) is 5.82 Å². The summed E-state index contributed by atoms with van der Waals surface area (Å²) in [5.74, 6) is -0.220. The summed E-state index contributed by atoms with van der Waals surface area (Å²) in [6.07, 6.45) is 0. The molecule has 1 heterocycles. The maximum atomic E-state index is 12.9. The molecule has 0 bridgehead atoms. The van der Waals surface area contributed by atoms with E-state index in [0.717, 1.165) is 30.9 Å². The van der Waals surface area contributed by atoms with Crippen molar-refractivity contribution >= 4 is 23.3 Å². The summed E-state index contributed by atoms with van der Waals surface area (Å²) in [6.45, 7) is 3.70. The Morgan fingerprint density at radius 2 is 1.62 bits per heavy atom. The van der Waals surface area contributed by atoms with Crippen LogP contribution in [0.3, 0.4) is 0 Å². The monoisotopic (exact) mass is 347 g/mol. The van der Waals surface area contributed by atoms with E-state index in [-0.39, 0.29) is 11.8 Å². The van der Waals surface area contributed by atoms with Crippen LogP contribution in [0.1, 0.15) is 5.56 Å². The van der Waals surface area contributed by atoms with Crippen LogP contribution in [0.2, 0.25) is 5.02 Å². The predicted octanol–water partition coefficient (Wildman–Crippen LogP) is 3.83. The van der Waals surface area contributed by atoms with Crippen molar-refractivity contribution in [1.29, 1.82) is 0 Å². The molecular formula is C18H19ClFN3O. The fraction of sp³-hybridized carbons (Fsp3) is 0.278. The number of urea groups is 1. The van der Waals surface area contributed by atoms with Crippen LogP contribution in [-0.2, 0) is 6.54 Å². The zero-order chi connectivity index (χ0) is 16.9. The van der Waals surface area contributed by atoms with Gasteiger partial charge in [0, 0.05) is 43.4 Å². The van der Waals surface area contributed by atoms with E-state index >= 15 is 0 Å². The van der Waals surface area contributed by atoms with E-state index in [4.69, 9.17) is 11.6 Å². The quantitative estimate of drug-likeness (QED) is 0.916. The van der Waals surface area contributed by atoms with Gasteiger partial charge in [-0.05, 0) is 42.0 Å². The number of benzene rings is 2. The Morgan fingerprint density at radius 3 is 2.25 bits per heavy atom. The number of anilines is 1. The molecule has 0 aromatic heterocycles. The molecular weight excluding hydrogens is 329 g/mol. The molecule has 24 heavy (non-hydrogen) atoms. The predicted molar refractivity (Wildman–Crippen MR) is 93.7 cm³/mol. The Morgan fingerprint density at radius 1 is 1.00 bits per heavy atom. The van der Waals surface area contributed by atoms with E-state index in [1.165, 1.54) is 12.1 Å². The minimum absolute atomic E-state index is 0.0984. The summed E-state index contributed by atoms with van der Waals surface area (Å²) in [6, 6.07) is 13.5. The first-order valence-electron chi connectivity index (χ1n) is 7.88. The number of nitrogens with zero attached hydrogens (tertiary/aromatic N) is 2. The minimum Gasteiger partial charge on any atom is -0.322 e. The number of amides is 2. The second-order valence-electron chi connectivity index (χ2n) is 5.83. The maximum Gasteiger partial charge on any atom is 0.321 e. The van der Waals surface area contributed by atoms with Gasteiger partial charge in [0.1, 0.15) is 5.82 Å². The molecule has 1 aliphatic rings. The van der Waals surface area contributed by atoms with Crippen molar-refractivity contribution in [1.82, 2.24) is 9.80 Å². The van der Waals surface area contributed by atoms with E-state index < -0.39 is 0 Å². The molecule has 4 nitrogen and oxygen atoms in total. The highest BCUT2D eigenvalue weighted by atomic mass is 35.5. The summed E-state index contributed by atoms with van der Waals surface area (Å²) in [4.78, 5) is 16.3. The topological polar surface area (TPSA) is 35.6 Å². The van der Waals surface area contributed by atoms with Crippen LogP contribution in [0.4, 0.5) is 14.9 Å². The number of hydrogen-bond acceptors (Lipinski definition) is 2. The third kappa shape index (κ3) is 4.46. The molecule has 1 aliphatic heterocycles. The second-order valence-corrected chi connectivity index (χ2v) is 6.26. The van der Waals surface area contributed by atoms with Gasteiger partial charge in [0.25, 0.3) is 0 Å². The first-order chi connectivity index (χ1) is 11.6. The van der Waals surface area contributed by atoms with Gasteiger partial charge in [-0.15, -0.1) is 0 Å². The number of halogens is 2. The molecule has 6 heteroatoms. The standard InChI is InChI=1S/C18H19ClFN3O/c19-15-3-7-17(8-4-15)21-18(24)23-11-9-22(10-12-23)13-14-1-5-16(20)6-2-14/h1-8H,9-13H2,(H,21,24). The van der Waals surface area contributed by atoms with Gasteiger partial charge < -0.3 is 10.2 Å². The molecule has 1 saturated heterocycles. The molecule has 0 spiro atoms. The van der Waals surface area contributed by atoms with Crippen molar-refractivity contribution in [3.63, 3.8) is 0 Å². The Bertz CT molecular complexity index is 682. The van der Waals surface area contributed by atoms with Crippen molar-refractivity contribution in [2.24, 2.45) is 0 Å². The van der Waals surface area contributed by atoms with E-state index in [0.29, 0.717) is 18.1 Å². The summed E-state index contributed by atoms with van der Waals surface area (Å²) in [5, 5.41) is 3.52. The number of piperazine rings is 1. The largest absolute Gasteiger partial charge is 0.322 e. The molecule has 126 valence electrons. The van der Waals surface area contributed by atoms with Crippen LogP contribution >= 0.6 is 11.6 Å². The molecule has 2 amide bonds. The van der Waals surface area contributed by atoms with E-state index in [1.54, 1.807) is 41.3 Å². The number of carbonyl (C=O) groups excluding carboxylic acids is 1. The molecule has 0 aliphatic carbocycles. The highest BCUT2D eigenvalue weighted by molar-refractivity contribution is 6.30. The third-order valence-corrected chi connectivity index (χ3v) is 4.33. The molecule has 1 fully saturated rings. The molecule has 1 N–H and O–H groups in total. The first kappa shape index (κ1) is 16.7. The van der Waals surface area contributed by atoms with Gasteiger partial charge in [0.2, 0.25) is 0 Å². The summed E-state index contributed by atoms with van der Waals surface area (Å²) in [5.41, 5.74) is 1.81. The minimum atomic E-state index is -0.220. The van der Waals surface area contributed by atoms with Crippen molar-refractivity contribution < 1.29 is 9.18 Å². The molecule has 0 saturated carbocycles. The lowest BCUT2D eigenvalue weighted by Gasteiger charge is -2.34. The van der Waals surface area contributed by atoms with E-state index in [1.807, 2.05) is 0 Å². The van der Waals surface area contributed by atoms with Crippen LogP contribution in [0.5, 0.6) is 0 Å². The van der Waals surface area contributed by atoms with E-state index in [2.05, 4.69) is 10.2 Å². The first-order valence-corrected chi connectivity index (χ1v) is 8.26. The summed E-state index contributed by atoms with van der Waals surface area (Å²) < 4.78 is 12.9. The second kappa shape index (κ2) is 7.64. The van der Waals surface area contributed by atoms with Gasteiger partial charge in [-0.25, -0.2) is 9.18 Å². The summed E-state index contributed by atoms with van der Waals surface area (Å²) in [7, 11) is 0. The normalized spacial score (nSPS) is 15.3. The van der Waals surface area contributed by atoms with Crippen molar-refractivity contribution in [3.8, 4) is 0 Å². The van der Waals surface area contributed by atoms with Gasteiger partial charge >= 0.3 is 6.03 Å². The van der Waals surface area contributed by atoms with Crippen LogP contribution in [0.25, 0.3) is 0 Å². The Balaban J connectivity index is 1.48. The van der Waals surface area contributed by atoms with Gasteiger partial charge in [-0.2, -0.15) is 0 Å². The highest BCUT2D eigenvalue weighted by Gasteiger charge is 2.21. The fourth-order valence-electron chi connectivity index (χ4n) is 2.69. The van der Waals surface area contributed by atoms with E-state index in [9.17, 15) is 9.18 Å². The highest BCUT2D eigenvalue weighted by Crippen LogP contribution is 2.15. The molecule has 2 aromatic rings. The van der Waals surface area contributed by atoms with Crippen molar-refractivity contribution in [2.75, 3.05) is 31.5 Å². The number of nitrogens with one attached hydrogen (secondary N) is 1. The van der Waals surface area contributed by atoms with Crippen molar-refractivity contribution in [3.05, 3.63) is 64.9 Å². The zero-order valence-corrected chi connectivity index (χ0v) is 14.0. The zero-order valence-electron chi connectivity index (χ0n) is 13.2. The molecule has 2 aromatic carbocycles. The summed E-state index contributed by atoms with van der Waals surface area (Å²) >= 11 is 5.84. The van der Waals surface area contributed by atoms with Gasteiger partial charge in [-0.1, -0.05) is 23.7 Å². The molecule has 0 unspecified atom stereocenters. The molecule has 3 rings (SSSR count). The lowest BCUT2D eigenvalue weighted by atomic mass is 10.2. The molecule has 0 atom stereocenters. The fourth-order valence-corrected chi connectivity index (χ4v) is 2.82. The lowest BCUT2D eigenvalue weighted by Crippen LogP contribution is -2.49. The maximum absolute atomic E-state index is 12.9. The van der Waals surface area contributed by atoms with Crippen LogP contribution in [0.15, 0.2) is 48.5 Å². The third-order valence-electron chi connectivity index (χ3n) is 4.07. The average Bonchev–Trinajstić information content (AvgIpc) is 2.59. The lowest BCUT2D eigenvalue weighted by molar-refractivity contribution is 0.143. The number of rotatable bonds is 3. The molecule has 0 radical (unpaired) electrons. The SMILES string of the molecule is O=C(Nc1ccc(Cl)cc1)N1CCN(Cc2ccc(F)cc2)CC1. The van der Waals surface area contributed by atoms with Gasteiger partial charge in [0.05, 0.1) is 0 Å². The number of hydrogen-bond donors (Lipinski definition) is 1. The Kier molecular flexibility index (Phi) is 5.33.